The van der Waals surface area contributed by atoms with Crippen LogP contribution in [0.5, 0.6) is 0 Å². The van der Waals surface area contributed by atoms with Crippen molar-refractivity contribution in [3.8, 4) is 5.69 Å². The monoisotopic (exact) mass is 510 g/mol. The first kappa shape index (κ1) is 26.6. The van der Waals surface area contributed by atoms with Crippen LogP contribution < -0.4 is 5.32 Å². The fourth-order valence-corrected chi connectivity index (χ4v) is 4.10. The van der Waals surface area contributed by atoms with E-state index in [4.69, 9.17) is 21.8 Å². The van der Waals surface area contributed by atoms with Gasteiger partial charge < -0.3 is 15.5 Å². The summed E-state index contributed by atoms with van der Waals surface area (Å²) >= 11 is 6.16. The summed E-state index contributed by atoms with van der Waals surface area (Å²) in [7, 11) is -2.22. The number of nitrogens with one attached hydrogen (secondary N) is 1. The summed E-state index contributed by atoms with van der Waals surface area (Å²) in [6.45, 7) is 2.10. The van der Waals surface area contributed by atoms with Crippen molar-refractivity contribution in [3.05, 3.63) is 77.0 Å². The second-order valence-electron chi connectivity index (χ2n) is 6.66. The number of halogens is 2. The molecule has 0 spiro atoms. The van der Waals surface area contributed by atoms with Gasteiger partial charge >= 0.3 is 11.9 Å². The number of aromatic nitrogens is 3. The molecular weight excluding hydrogens is 491 g/mol. The van der Waals surface area contributed by atoms with Crippen LogP contribution in [-0.2, 0) is 26.0 Å². The zero-order valence-electron chi connectivity index (χ0n) is 17.9. The van der Waals surface area contributed by atoms with Crippen LogP contribution in [0.25, 0.3) is 5.69 Å². The number of pyridine rings is 1. The van der Waals surface area contributed by atoms with Gasteiger partial charge in [0.05, 0.1) is 21.3 Å². The molecule has 0 unspecified atom stereocenters. The lowest BCUT2D eigenvalue weighted by molar-refractivity contribution is -0.134. The Morgan fingerprint density at radius 2 is 1.79 bits per heavy atom. The van der Waals surface area contributed by atoms with Crippen LogP contribution in [0.1, 0.15) is 11.4 Å². The van der Waals surface area contributed by atoms with Gasteiger partial charge in [-0.25, -0.2) is 27.1 Å². The summed E-state index contributed by atoms with van der Waals surface area (Å²) in [6.07, 6.45) is 2.40. The summed E-state index contributed by atoms with van der Waals surface area (Å²) in [5.74, 6) is -3.06. The van der Waals surface area contributed by atoms with Crippen molar-refractivity contribution in [1.82, 2.24) is 20.1 Å². The average Bonchev–Trinajstić information content (AvgIpc) is 3.19. The van der Waals surface area contributed by atoms with Gasteiger partial charge in [-0.05, 0) is 38.2 Å². The SMILES string of the molecule is CNCc1cc(S(=O)(=O)c2ccc(C)nc2)n(-c2cc(F)ccc2Cl)n1.O=C(O)/C=C/C(=O)O. The highest BCUT2D eigenvalue weighted by Gasteiger charge is 2.26. The summed E-state index contributed by atoms with van der Waals surface area (Å²) in [6, 6.07) is 8.21. The number of hydrogen-bond acceptors (Lipinski definition) is 7. The Morgan fingerprint density at radius 1 is 1.15 bits per heavy atom. The van der Waals surface area contributed by atoms with Crippen molar-refractivity contribution in [2.75, 3.05) is 7.05 Å². The van der Waals surface area contributed by atoms with E-state index in [1.165, 1.54) is 30.5 Å². The van der Waals surface area contributed by atoms with Crippen LogP contribution in [0.15, 0.2) is 64.7 Å². The summed E-state index contributed by atoms with van der Waals surface area (Å²) in [5.41, 5.74) is 1.32. The van der Waals surface area contributed by atoms with E-state index < -0.39 is 27.6 Å². The fourth-order valence-electron chi connectivity index (χ4n) is 2.57. The standard InChI is InChI=1S/C17H16ClFN4O2S.C4H4O4/c1-11-3-5-14(10-21-11)26(24,25)17-8-13(9-20-2)22-23(17)16-7-12(19)4-6-15(16)18;5-3(6)1-2-4(7)8/h3-8,10,20H,9H2,1-2H3;1-2H,(H,5,6)(H,7,8)/b;2-1+. The zero-order chi connectivity index (χ0) is 25.5. The molecule has 0 amide bonds. The highest BCUT2D eigenvalue weighted by atomic mass is 35.5. The first-order valence-electron chi connectivity index (χ1n) is 9.46. The summed E-state index contributed by atoms with van der Waals surface area (Å²) in [4.78, 5) is 23.2. The molecule has 3 aromatic rings. The lowest BCUT2D eigenvalue weighted by Crippen LogP contribution is -2.11. The molecule has 0 saturated carbocycles. The number of carboxylic acids is 2. The maximum Gasteiger partial charge on any atom is 0.328 e. The van der Waals surface area contributed by atoms with Gasteiger partial charge in [0, 0.05) is 42.7 Å². The molecular formula is C21H20ClFN4O6S. The average molecular weight is 511 g/mol. The van der Waals surface area contributed by atoms with E-state index in [1.807, 2.05) is 0 Å². The number of carbonyl (C=O) groups is 2. The van der Waals surface area contributed by atoms with E-state index in [2.05, 4.69) is 15.4 Å². The van der Waals surface area contributed by atoms with Gasteiger partial charge in [-0.3, -0.25) is 4.98 Å². The number of carboxylic acid groups (broad SMARTS) is 2. The third kappa shape index (κ3) is 6.94. The van der Waals surface area contributed by atoms with Gasteiger partial charge in [0.25, 0.3) is 0 Å². The molecule has 1 aromatic carbocycles. The van der Waals surface area contributed by atoms with Gasteiger partial charge in [0.15, 0.2) is 5.03 Å². The number of benzene rings is 1. The van der Waals surface area contributed by atoms with Crippen molar-refractivity contribution < 1.29 is 32.6 Å². The lowest BCUT2D eigenvalue weighted by Gasteiger charge is -2.10. The van der Waals surface area contributed by atoms with Gasteiger partial charge in [-0.1, -0.05) is 11.6 Å². The number of hydrogen-bond donors (Lipinski definition) is 3. The Morgan fingerprint density at radius 3 is 2.32 bits per heavy atom. The molecule has 13 heteroatoms. The van der Waals surface area contributed by atoms with Crippen molar-refractivity contribution in [2.24, 2.45) is 0 Å². The minimum Gasteiger partial charge on any atom is -0.478 e. The molecule has 10 nitrogen and oxygen atoms in total. The Kier molecular flexibility index (Phi) is 9.01. The molecule has 0 aliphatic rings. The Labute approximate surface area is 199 Å². The Hall–Kier alpha value is -3.61. The maximum absolute atomic E-state index is 13.7. The largest absolute Gasteiger partial charge is 0.478 e. The van der Waals surface area contributed by atoms with Crippen molar-refractivity contribution >= 4 is 33.4 Å². The van der Waals surface area contributed by atoms with Gasteiger partial charge in [-0.2, -0.15) is 5.10 Å². The third-order valence-corrected chi connectivity index (χ3v) is 6.08. The second kappa shape index (κ2) is 11.5. The molecule has 0 radical (unpaired) electrons. The zero-order valence-corrected chi connectivity index (χ0v) is 19.5. The first-order valence-corrected chi connectivity index (χ1v) is 11.3. The predicted molar refractivity (Wildman–Crippen MR) is 120 cm³/mol. The van der Waals surface area contributed by atoms with E-state index in [1.54, 1.807) is 20.0 Å². The number of rotatable bonds is 7. The Balaban J connectivity index is 0.000000440. The van der Waals surface area contributed by atoms with Gasteiger partial charge in [0.2, 0.25) is 9.84 Å². The summed E-state index contributed by atoms with van der Waals surface area (Å²) < 4.78 is 41.0. The van der Waals surface area contributed by atoms with Crippen LogP contribution in [0.3, 0.4) is 0 Å². The van der Waals surface area contributed by atoms with E-state index in [-0.39, 0.29) is 20.6 Å². The quantitative estimate of drug-likeness (QED) is 0.407. The molecule has 0 fully saturated rings. The molecule has 0 atom stereocenters. The van der Waals surface area contributed by atoms with Crippen LogP contribution in [0, 0.1) is 12.7 Å². The molecule has 0 saturated heterocycles. The molecule has 0 aliphatic carbocycles. The minimum absolute atomic E-state index is 0.0211. The van der Waals surface area contributed by atoms with Crippen LogP contribution in [0.2, 0.25) is 5.02 Å². The molecule has 180 valence electrons. The number of aliphatic carboxylic acids is 2. The van der Waals surface area contributed by atoms with Crippen LogP contribution in [-0.4, -0.2) is 52.4 Å². The van der Waals surface area contributed by atoms with Crippen LogP contribution in [0.4, 0.5) is 4.39 Å². The van der Waals surface area contributed by atoms with Gasteiger partial charge in [-0.15, -0.1) is 0 Å². The van der Waals surface area contributed by atoms with Crippen molar-refractivity contribution in [3.63, 3.8) is 0 Å². The van der Waals surface area contributed by atoms with E-state index in [9.17, 15) is 22.4 Å². The highest BCUT2D eigenvalue weighted by Crippen LogP contribution is 2.28. The Bertz CT molecular complexity index is 1310. The molecule has 2 aromatic heterocycles. The predicted octanol–water partition coefficient (Wildman–Crippen LogP) is 2.63. The summed E-state index contributed by atoms with van der Waals surface area (Å²) in [5, 5.41) is 22.9. The number of nitrogens with zero attached hydrogens (tertiary/aromatic N) is 3. The molecule has 3 N–H and O–H groups in total. The van der Waals surface area contributed by atoms with Crippen molar-refractivity contribution in [1.29, 1.82) is 0 Å². The second-order valence-corrected chi connectivity index (χ2v) is 8.96. The molecule has 34 heavy (non-hydrogen) atoms. The minimum atomic E-state index is -3.93. The fraction of sp³-hybridized carbons (Fsp3) is 0.143. The topological polar surface area (TPSA) is 151 Å². The van der Waals surface area contributed by atoms with E-state index in [0.29, 0.717) is 30.1 Å². The molecule has 3 rings (SSSR count). The van der Waals surface area contributed by atoms with Crippen LogP contribution >= 0.6 is 11.6 Å². The smallest absolute Gasteiger partial charge is 0.328 e. The molecule has 2 heterocycles. The van der Waals surface area contributed by atoms with Crippen molar-refractivity contribution in [2.45, 2.75) is 23.4 Å². The van der Waals surface area contributed by atoms with Gasteiger partial charge in [0.1, 0.15) is 5.82 Å². The normalized spacial score (nSPS) is 11.2. The molecule has 0 aliphatic heterocycles. The lowest BCUT2D eigenvalue weighted by atomic mass is 10.3. The highest BCUT2D eigenvalue weighted by molar-refractivity contribution is 7.91. The molecule has 0 bridgehead atoms. The maximum atomic E-state index is 13.7. The van der Waals surface area contributed by atoms with E-state index >= 15 is 0 Å². The third-order valence-electron chi connectivity index (χ3n) is 4.06. The van der Waals surface area contributed by atoms with E-state index in [0.717, 1.165) is 10.7 Å². The first-order chi connectivity index (χ1) is 15.9. The number of aryl methyl sites for hydroxylation is 1. The number of sulfone groups is 1.